The average molecular weight is 282 g/mol. The number of nitrogens with one attached hydrogen (secondary N) is 1. The van der Waals surface area contributed by atoms with Crippen LogP contribution in [0.15, 0.2) is 22.9 Å². The molecule has 0 unspecified atom stereocenters. The van der Waals surface area contributed by atoms with Crippen LogP contribution in [0, 0.1) is 6.92 Å². The van der Waals surface area contributed by atoms with Crippen LogP contribution in [0.4, 0.5) is 5.13 Å². The Kier molecular flexibility index (Phi) is 4.06. The predicted octanol–water partition coefficient (Wildman–Crippen LogP) is 2.31. The summed E-state index contributed by atoms with van der Waals surface area (Å²) in [6.45, 7) is 1.53. The molecule has 0 aliphatic carbocycles. The summed E-state index contributed by atoms with van der Waals surface area (Å²) in [5.74, 6) is -0.885. The molecule has 0 aliphatic rings. The van der Waals surface area contributed by atoms with Gasteiger partial charge in [0.05, 0.1) is 5.69 Å². The molecule has 0 aliphatic heterocycles. The van der Waals surface area contributed by atoms with Crippen LogP contribution in [-0.2, 0) is 9.53 Å². The fourth-order valence-electron chi connectivity index (χ4n) is 1.16. The Bertz CT molecular complexity index is 548. The van der Waals surface area contributed by atoms with Crippen molar-refractivity contribution in [2.24, 2.45) is 0 Å². The van der Waals surface area contributed by atoms with Gasteiger partial charge in [-0.25, -0.2) is 9.78 Å². The molecule has 0 saturated carbocycles. The third-order valence-corrected chi connectivity index (χ3v) is 3.65. The zero-order chi connectivity index (χ0) is 13.0. The molecule has 1 amide bonds. The molecule has 7 heteroatoms. The second-order valence-corrected chi connectivity index (χ2v) is 5.20. The van der Waals surface area contributed by atoms with Gasteiger partial charge in [-0.15, -0.1) is 22.7 Å². The smallest absolute Gasteiger partial charge is 0.348 e. The monoisotopic (exact) mass is 282 g/mol. The van der Waals surface area contributed by atoms with Gasteiger partial charge >= 0.3 is 5.97 Å². The molecule has 2 aromatic heterocycles. The number of aromatic nitrogens is 1. The van der Waals surface area contributed by atoms with Crippen molar-refractivity contribution in [2.45, 2.75) is 6.92 Å². The molecule has 2 rings (SSSR count). The Balaban J connectivity index is 1.80. The van der Waals surface area contributed by atoms with Crippen molar-refractivity contribution in [3.05, 3.63) is 33.5 Å². The molecule has 2 heterocycles. The number of rotatable bonds is 4. The summed E-state index contributed by atoms with van der Waals surface area (Å²) in [6, 6.07) is 3.40. The number of amides is 1. The van der Waals surface area contributed by atoms with Gasteiger partial charge in [-0.2, -0.15) is 0 Å². The largest absolute Gasteiger partial charge is 0.451 e. The summed E-state index contributed by atoms with van der Waals surface area (Å²) < 4.78 is 4.86. The van der Waals surface area contributed by atoms with Crippen LogP contribution < -0.4 is 5.32 Å². The van der Waals surface area contributed by atoms with Gasteiger partial charge < -0.3 is 4.74 Å². The number of esters is 1. The number of ether oxygens (including phenoxy) is 1. The van der Waals surface area contributed by atoms with E-state index in [1.807, 2.05) is 12.3 Å². The van der Waals surface area contributed by atoms with Crippen LogP contribution in [-0.4, -0.2) is 23.5 Å². The van der Waals surface area contributed by atoms with E-state index in [2.05, 4.69) is 10.3 Å². The molecule has 0 atom stereocenters. The summed E-state index contributed by atoms with van der Waals surface area (Å²) in [7, 11) is 0. The Morgan fingerprint density at radius 3 is 2.89 bits per heavy atom. The SMILES string of the molecule is Cc1csc(NC(=O)COC(=O)c2cccs2)n1. The number of carbonyl (C=O) groups excluding carboxylic acids is 2. The number of carbonyl (C=O) groups is 2. The number of thiazole rings is 1. The summed E-state index contributed by atoms with van der Waals surface area (Å²) in [5, 5.41) is 6.66. The highest BCUT2D eigenvalue weighted by Crippen LogP contribution is 2.14. The lowest BCUT2D eigenvalue weighted by atomic mass is 10.5. The second-order valence-electron chi connectivity index (χ2n) is 3.40. The Morgan fingerprint density at radius 1 is 1.44 bits per heavy atom. The van der Waals surface area contributed by atoms with E-state index in [-0.39, 0.29) is 6.61 Å². The third kappa shape index (κ3) is 3.38. The minimum absolute atomic E-state index is 0.310. The minimum atomic E-state index is -0.490. The summed E-state index contributed by atoms with van der Waals surface area (Å²) in [5.41, 5.74) is 0.839. The van der Waals surface area contributed by atoms with Crippen molar-refractivity contribution in [2.75, 3.05) is 11.9 Å². The number of nitrogens with zero attached hydrogens (tertiary/aromatic N) is 1. The van der Waals surface area contributed by atoms with E-state index >= 15 is 0 Å². The van der Waals surface area contributed by atoms with Gasteiger partial charge in [0.1, 0.15) is 4.88 Å². The Morgan fingerprint density at radius 2 is 2.28 bits per heavy atom. The molecule has 94 valence electrons. The quantitative estimate of drug-likeness (QED) is 0.874. The normalized spacial score (nSPS) is 10.1. The maximum atomic E-state index is 11.5. The summed E-state index contributed by atoms with van der Waals surface area (Å²) in [6.07, 6.45) is 0. The topological polar surface area (TPSA) is 68.3 Å². The van der Waals surface area contributed by atoms with Crippen molar-refractivity contribution in [3.8, 4) is 0 Å². The Hall–Kier alpha value is -1.73. The van der Waals surface area contributed by atoms with Crippen LogP contribution in [0.25, 0.3) is 0 Å². The zero-order valence-corrected chi connectivity index (χ0v) is 11.1. The number of anilines is 1. The molecule has 0 fully saturated rings. The lowest BCUT2D eigenvalue weighted by Gasteiger charge is -2.02. The van der Waals surface area contributed by atoms with Gasteiger partial charge in [-0.1, -0.05) is 6.07 Å². The van der Waals surface area contributed by atoms with Crippen LogP contribution in [0.1, 0.15) is 15.4 Å². The minimum Gasteiger partial charge on any atom is -0.451 e. The van der Waals surface area contributed by atoms with Crippen LogP contribution in [0.2, 0.25) is 0 Å². The van der Waals surface area contributed by atoms with E-state index in [9.17, 15) is 9.59 Å². The van der Waals surface area contributed by atoms with Crippen molar-refractivity contribution < 1.29 is 14.3 Å². The molecular weight excluding hydrogens is 272 g/mol. The number of aryl methyl sites for hydroxylation is 1. The van der Waals surface area contributed by atoms with E-state index in [4.69, 9.17) is 4.74 Å². The molecule has 0 bridgehead atoms. The molecule has 1 N–H and O–H groups in total. The first-order valence-electron chi connectivity index (χ1n) is 5.08. The highest BCUT2D eigenvalue weighted by molar-refractivity contribution is 7.14. The van der Waals surface area contributed by atoms with Gasteiger partial charge in [-0.3, -0.25) is 10.1 Å². The van der Waals surface area contributed by atoms with E-state index in [1.54, 1.807) is 17.5 Å². The molecule has 0 spiro atoms. The predicted molar refractivity (Wildman–Crippen MR) is 70.1 cm³/mol. The molecule has 0 aromatic carbocycles. The van der Waals surface area contributed by atoms with Crippen molar-refractivity contribution >= 4 is 39.7 Å². The van der Waals surface area contributed by atoms with E-state index in [0.717, 1.165) is 5.69 Å². The molecule has 0 radical (unpaired) electrons. The van der Waals surface area contributed by atoms with E-state index in [1.165, 1.54) is 22.7 Å². The lowest BCUT2D eigenvalue weighted by molar-refractivity contribution is -0.119. The fraction of sp³-hybridized carbons (Fsp3) is 0.182. The first-order valence-corrected chi connectivity index (χ1v) is 6.83. The molecular formula is C11H10N2O3S2. The van der Waals surface area contributed by atoms with Crippen molar-refractivity contribution in [1.29, 1.82) is 0 Å². The highest BCUT2D eigenvalue weighted by atomic mass is 32.1. The first-order chi connectivity index (χ1) is 8.65. The standard InChI is InChI=1S/C11H10N2O3S2/c1-7-6-18-11(12-7)13-9(14)5-16-10(15)8-3-2-4-17-8/h2-4,6H,5H2,1H3,(H,12,13,14). The number of thiophene rings is 1. The average Bonchev–Trinajstić information content (AvgIpc) is 2.97. The Labute approximate surface area is 111 Å². The summed E-state index contributed by atoms with van der Waals surface area (Å²) >= 11 is 2.60. The van der Waals surface area contributed by atoms with Gasteiger partial charge in [0, 0.05) is 5.38 Å². The van der Waals surface area contributed by atoms with Gasteiger partial charge in [-0.05, 0) is 18.4 Å². The van der Waals surface area contributed by atoms with Crippen molar-refractivity contribution in [3.63, 3.8) is 0 Å². The zero-order valence-electron chi connectivity index (χ0n) is 9.50. The molecule has 2 aromatic rings. The van der Waals surface area contributed by atoms with Crippen molar-refractivity contribution in [1.82, 2.24) is 4.98 Å². The van der Waals surface area contributed by atoms with Gasteiger partial charge in [0.25, 0.3) is 5.91 Å². The fourth-order valence-corrected chi connectivity index (χ4v) is 2.48. The maximum absolute atomic E-state index is 11.5. The third-order valence-electron chi connectivity index (χ3n) is 1.92. The lowest BCUT2D eigenvalue weighted by Crippen LogP contribution is -2.20. The van der Waals surface area contributed by atoms with Crippen LogP contribution in [0.5, 0.6) is 0 Å². The molecule has 5 nitrogen and oxygen atoms in total. The second kappa shape index (κ2) is 5.74. The van der Waals surface area contributed by atoms with Crippen LogP contribution >= 0.6 is 22.7 Å². The van der Waals surface area contributed by atoms with E-state index in [0.29, 0.717) is 10.0 Å². The first kappa shape index (κ1) is 12.7. The van der Waals surface area contributed by atoms with Gasteiger partial charge in [0.15, 0.2) is 11.7 Å². The highest BCUT2D eigenvalue weighted by Gasteiger charge is 2.11. The number of hydrogen-bond acceptors (Lipinski definition) is 6. The number of hydrogen-bond donors (Lipinski definition) is 1. The molecule has 18 heavy (non-hydrogen) atoms. The van der Waals surface area contributed by atoms with E-state index < -0.39 is 11.9 Å². The molecule has 0 saturated heterocycles. The van der Waals surface area contributed by atoms with Crippen LogP contribution in [0.3, 0.4) is 0 Å². The summed E-state index contributed by atoms with van der Waals surface area (Å²) in [4.78, 5) is 27.5. The van der Waals surface area contributed by atoms with Gasteiger partial charge in [0.2, 0.25) is 0 Å². The maximum Gasteiger partial charge on any atom is 0.348 e.